The standard InChI is InChI=1S/C8H13N5O/c9-8-10-1-2-13(8)4-6-3-7(14)12-5-11-6/h3,11H,1-2,4-5H2,(H2,9,10)(H,12,14). The molecular weight excluding hydrogens is 182 g/mol. The molecule has 0 atom stereocenters. The number of carbonyl (C=O) groups is 1. The lowest BCUT2D eigenvalue weighted by molar-refractivity contribution is -0.117. The van der Waals surface area contributed by atoms with Gasteiger partial charge in [-0.2, -0.15) is 0 Å². The van der Waals surface area contributed by atoms with E-state index in [9.17, 15) is 4.79 Å². The fourth-order valence-corrected chi connectivity index (χ4v) is 1.47. The minimum atomic E-state index is -0.0616. The molecular formula is C8H13N5O. The van der Waals surface area contributed by atoms with Gasteiger partial charge in [-0.3, -0.25) is 9.79 Å². The Hall–Kier alpha value is -1.72. The second-order valence-electron chi connectivity index (χ2n) is 3.23. The molecule has 0 fully saturated rings. The van der Waals surface area contributed by atoms with Crippen LogP contribution in [0.25, 0.3) is 0 Å². The van der Waals surface area contributed by atoms with Crippen molar-refractivity contribution in [3.05, 3.63) is 11.8 Å². The van der Waals surface area contributed by atoms with Gasteiger partial charge in [0, 0.05) is 18.3 Å². The summed E-state index contributed by atoms with van der Waals surface area (Å²) in [5.74, 6) is 0.493. The molecule has 6 nitrogen and oxygen atoms in total. The summed E-state index contributed by atoms with van der Waals surface area (Å²) in [6.45, 7) is 2.68. The monoisotopic (exact) mass is 195 g/mol. The molecule has 2 aliphatic heterocycles. The molecule has 14 heavy (non-hydrogen) atoms. The van der Waals surface area contributed by atoms with Crippen LogP contribution in [0.5, 0.6) is 0 Å². The van der Waals surface area contributed by atoms with E-state index in [1.54, 1.807) is 6.08 Å². The molecule has 0 bridgehead atoms. The lowest BCUT2D eigenvalue weighted by Gasteiger charge is -2.22. The van der Waals surface area contributed by atoms with Gasteiger partial charge in [0.2, 0.25) is 5.91 Å². The normalized spacial score (nSPS) is 21.1. The molecule has 0 saturated heterocycles. The fourth-order valence-electron chi connectivity index (χ4n) is 1.47. The van der Waals surface area contributed by atoms with Crippen molar-refractivity contribution >= 4 is 11.9 Å². The summed E-state index contributed by atoms with van der Waals surface area (Å²) in [5, 5.41) is 5.72. The fraction of sp³-hybridized carbons (Fsp3) is 0.500. The number of nitrogens with zero attached hydrogens (tertiary/aromatic N) is 2. The second-order valence-corrected chi connectivity index (χ2v) is 3.23. The maximum atomic E-state index is 11.0. The smallest absolute Gasteiger partial charge is 0.247 e. The molecule has 0 unspecified atom stereocenters. The number of amides is 1. The van der Waals surface area contributed by atoms with Gasteiger partial charge in [0.25, 0.3) is 0 Å². The molecule has 76 valence electrons. The van der Waals surface area contributed by atoms with Crippen molar-refractivity contribution in [2.75, 3.05) is 26.3 Å². The largest absolute Gasteiger partial charge is 0.370 e. The van der Waals surface area contributed by atoms with Crippen LogP contribution in [0.4, 0.5) is 0 Å². The van der Waals surface area contributed by atoms with Crippen LogP contribution in [0.2, 0.25) is 0 Å². The van der Waals surface area contributed by atoms with E-state index in [2.05, 4.69) is 15.6 Å². The molecule has 0 radical (unpaired) electrons. The molecule has 0 aliphatic carbocycles. The van der Waals surface area contributed by atoms with Crippen molar-refractivity contribution in [1.29, 1.82) is 0 Å². The summed E-state index contributed by atoms with van der Waals surface area (Å²) in [4.78, 5) is 17.0. The minimum absolute atomic E-state index is 0.0616. The maximum absolute atomic E-state index is 11.0. The Balaban J connectivity index is 1.97. The third-order valence-electron chi connectivity index (χ3n) is 2.21. The highest BCUT2D eigenvalue weighted by atomic mass is 16.1. The van der Waals surface area contributed by atoms with Crippen LogP contribution >= 0.6 is 0 Å². The minimum Gasteiger partial charge on any atom is -0.370 e. The van der Waals surface area contributed by atoms with E-state index in [1.807, 2.05) is 4.90 Å². The van der Waals surface area contributed by atoms with Crippen LogP contribution in [-0.2, 0) is 4.79 Å². The molecule has 0 aromatic heterocycles. The van der Waals surface area contributed by atoms with E-state index in [0.29, 0.717) is 19.2 Å². The molecule has 0 spiro atoms. The van der Waals surface area contributed by atoms with E-state index < -0.39 is 0 Å². The van der Waals surface area contributed by atoms with Gasteiger partial charge in [0.05, 0.1) is 19.8 Å². The average molecular weight is 195 g/mol. The van der Waals surface area contributed by atoms with Gasteiger partial charge in [0.1, 0.15) is 0 Å². The van der Waals surface area contributed by atoms with Gasteiger partial charge in [-0.15, -0.1) is 0 Å². The van der Waals surface area contributed by atoms with Gasteiger partial charge in [-0.05, 0) is 0 Å². The predicted molar refractivity (Wildman–Crippen MR) is 52.3 cm³/mol. The van der Waals surface area contributed by atoms with Gasteiger partial charge >= 0.3 is 0 Å². The number of carbonyl (C=O) groups excluding carboxylic acids is 1. The van der Waals surface area contributed by atoms with Crippen molar-refractivity contribution in [2.24, 2.45) is 10.7 Å². The van der Waals surface area contributed by atoms with Crippen molar-refractivity contribution < 1.29 is 4.79 Å². The van der Waals surface area contributed by atoms with Crippen LogP contribution in [0.15, 0.2) is 16.8 Å². The van der Waals surface area contributed by atoms with E-state index in [4.69, 9.17) is 5.73 Å². The number of aliphatic imine (C=N–C) groups is 1. The molecule has 0 aromatic rings. The van der Waals surface area contributed by atoms with Crippen LogP contribution in [-0.4, -0.2) is 43.1 Å². The summed E-state index contributed by atoms with van der Waals surface area (Å²) in [6.07, 6.45) is 1.55. The lowest BCUT2D eigenvalue weighted by atomic mass is 10.3. The molecule has 1 amide bonds. The third-order valence-corrected chi connectivity index (χ3v) is 2.21. The Kier molecular flexibility index (Phi) is 2.26. The molecule has 2 aliphatic rings. The third kappa shape index (κ3) is 1.78. The first-order valence-electron chi connectivity index (χ1n) is 4.53. The summed E-state index contributed by atoms with van der Waals surface area (Å²) in [5.41, 5.74) is 6.53. The molecule has 2 heterocycles. The zero-order chi connectivity index (χ0) is 9.97. The van der Waals surface area contributed by atoms with Gasteiger partial charge in [-0.25, -0.2) is 0 Å². The second kappa shape index (κ2) is 3.57. The number of nitrogens with two attached hydrogens (primary N) is 1. The van der Waals surface area contributed by atoms with E-state index in [0.717, 1.165) is 18.8 Å². The average Bonchev–Trinajstić information content (AvgIpc) is 2.52. The van der Waals surface area contributed by atoms with Crippen molar-refractivity contribution in [2.45, 2.75) is 0 Å². The quantitative estimate of drug-likeness (QED) is 0.484. The number of hydrogen-bond donors (Lipinski definition) is 3. The van der Waals surface area contributed by atoms with Crippen LogP contribution < -0.4 is 16.4 Å². The van der Waals surface area contributed by atoms with E-state index in [1.165, 1.54) is 0 Å². The van der Waals surface area contributed by atoms with Crippen LogP contribution in [0.1, 0.15) is 0 Å². The zero-order valence-electron chi connectivity index (χ0n) is 7.79. The first kappa shape index (κ1) is 8.86. The Labute approximate surface area is 81.8 Å². The molecule has 4 N–H and O–H groups in total. The topological polar surface area (TPSA) is 82.8 Å². The summed E-state index contributed by atoms with van der Waals surface area (Å²) in [7, 11) is 0. The zero-order valence-corrected chi connectivity index (χ0v) is 7.79. The number of hydrogen-bond acceptors (Lipinski definition) is 5. The highest BCUT2D eigenvalue weighted by Gasteiger charge is 2.16. The summed E-state index contributed by atoms with van der Waals surface area (Å²) in [6, 6.07) is 0. The molecule has 0 saturated carbocycles. The molecule has 2 rings (SSSR count). The number of guanidine groups is 1. The van der Waals surface area contributed by atoms with Crippen molar-refractivity contribution in [3.8, 4) is 0 Å². The lowest BCUT2D eigenvalue weighted by Crippen LogP contribution is -2.43. The summed E-state index contributed by atoms with van der Waals surface area (Å²) >= 11 is 0. The SMILES string of the molecule is NC1=NCCN1CC1=CC(=O)NCN1. The highest BCUT2D eigenvalue weighted by Crippen LogP contribution is 2.02. The predicted octanol–water partition coefficient (Wildman–Crippen LogP) is -1.82. The first-order valence-corrected chi connectivity index (χ1v) is 4.53. The Morgan fingerprint density at radius 1 is 1.57 bits per heavy atom. The van der Waals surface area contributed by atoms with Crippen LogP contribution in [0.3, 0.4) is 0 Å². The van der Waals surface area contributed by atoms with E-state index >= 15 is 0 Å². The Bertz CT molecular complexity index is 309. The molecule has 0 aromatic carbocycles. The molecule has 6 heteroatoms. The Morgan fingerprint density at radius 2 is 2.43 bits per heavy atom. The van der Waals surface area contributed by atoms with Crippen LogP contribution in [0, 0.1) is 0 Å². The number of nitrogens with one attached hydrogen (secondary N) is 2. The maximum Gasteiger partial charge on any atom is 0.247 e. The first-order chi connectivity index (χ1) is 6.75. The highest BCUT2D eigenvalue weighted by molar-refractivity contribution is 5.89. The number of rotatable bonds is 2. The van der Waals surface area contributed by atoms with Gasteiger partial charge < -0.3 is 21.3 Å². The van der Waals surface area contributed by atoms with Gasteiger partial charge in [0.15, 0.2) is 5.96 Å². The van der Waals surface area contributed by atoms with Crippen molar-refractivity contribution in [3.63, 3.8) is 0 Å². The van der Waals surface area contributed by atoms with Crippen molar-refractivity contribution in [1.82, 2.24) is 15.5 Å². The Morgan fingerprint density at radius 3 is 3.07 bits per heavy atom. The van der Waals surface area contributed by atoms with Gasteiger partial charge in [-0.1, -0.05) is 0 Å². The van der Waals surface area contributed by atoms with E-state index in [-0.39, 0.29) is 5.91 Å². The summed E-state index contributed by atoms with van der Waals surface area (Å²) < 4.78 is 0.